The summed E-state index contributed by atoms with van der Waals surface area (Å²) < 4.78 is 0. The first-order valence-electron chi connectivity index (χ1n) is 6.43. The normalized spacial score (nSPS) is 13.2. The maximum atomic E-state index is 3.60. The van der Waals surface area contributed by atoms with E-state index in [4.69, 9.17) is 0 Å². The minimum Gasteiger partial charge on any atom is -0.314 e. The quantitative estimate of drug-likeness (QED) is 0.720. The van der Waals surface area contributed by atoms with E-state index in [-0.39, 0.29) is 0 Å². The summed E-state index contributed by atoms with van der Waals surface area (Å²) in [7, 11) is 0. The maximum absolute atomic E-state index is 3.60. The molecule has 1 nitrogen and oxygen atoms in total. The van der Waals surface area contributed by atoms with Crippen LogP contribution >= 0.6 is 11.3 Å². The molecule has 16 heavy (non-hydrogen) atoms. The lowest BCUT2D eigenvalue weighted by Crippen LogP contribution is -2.28. The predicted molar refractivity (Wildman–Crippen MR) is 74.2 cm³/mol. The van der Waals surface area contributed by atoms with Crippen molar-refractivity contribution in [3.63, 3.8) is 0 Å². The van der Waals surface area contributed by atoms with E-state index >= 15 is 0 Å². The number of hydrogen-bond acceptors (Lipinski definition) is 2. The van der Waals surface area contributed by atoms with Gasteiger partial charge in [0.05, 0.1) is 0 Å². The van der Waals surface area contributed by atoms with Crippen LogP contribution in [0, 0.1) is 5.92 Å². The molecule has 2 heteroatoms. The van der Waals surface area contributed by atoms with Gasteiger partial charge in [-0.15, -0.1) is 0 Å². The maximum Gasteiger partial charge on any atom is 0.00388 e. The fraction of sp³-hybridized carbons (Fsp3) is 0.714. The fourth-order valence-electron chi connectivity index (χ4n) is 1.83. The molecule has 0 aromatic carbocycles. The molecule has 0 aliphatic rings. The van der Waals surface area contributed by atoms with Crippen LogP contribution in [0.2, 0.25) is 0 Å². The molecule has 1 heterocycles. The zero-order valence-electron chi connectivity index (χ0n) is 10.8. The van der Waals surface area contributed by atoms with Gasteiger partial charge >= 0.3 is 0 Å². The van der Waals surface area contributed by atoms with Gasteiger partial charge in [0.2, 0.25) is 0 Å². The van der Waals surface area contributed by atoms with Crippen LogP contribution in [0.4, 0.5) is 0 Å². The average Bonchev–Trinajstić information content (AvgIpc) is 2.70. The monoisotopic (exact) mass is 239 g/mol. The molecule has 1 N–H and O–H groups in total. The van der Waals surface area contributed by atoms with Gasteiger partial charge in [-0.1, -0.05) is 26.7 Å². The van der Waals surface area contributed by atoms with Crippen LogP contribution in [0.1, 0.15) is 45.6 Å². The molecule has 0 aliphatic carbocycles. The van der Waals surface area contributed by atoms with Gasteiger partial charge in [0, 0.05) is 6.04 Å². The molecule has 0 amide bonds. The summed E-state index contributed by atoms with van der Waals surface area (Å²) in [6.45, 7) is 8.01. The lowest BCUT2D eigenvalue weighted by molar-refractivity contribution is 0.460. The molecule has 1 rings (SSSR count). The molecule has 0 saturated heterocycles. The molecule has 0 spiro atoms. The third-order valence-electron chi connectivity index (χ3n) is 2.91. The highest BCUT2D eigenvalue weighted by Crippen LogP contribution is 2.09. The van der Waals surface area contributed by atoms with Gasteiger partial charge in [0.15, 0.2) is 0 Å². The van der Waals surface area contributed by atoms with Crippen LogP contribution in [0.25, 0.3) is 0 Å². The standard InChI is InChI=1S/C14H25NS/c1-12(2)5-4-6-13(3)15-9-7-14-8-10-16-11-14/h8,10-13,15H,4-7,9H2,1-3H3. The summed E-state index contributed by atoms with van der Waals surface area (Å²) >= 11 is 1.79. The zero-order chi connectivity index (χ0) is 11.8. The summed E-state index contributed by atoms with van der Waals surface area (Å²) in [6.07, 6.45) is 5.18. The van der Waals surface area contributed by atoms with Crippen molar-refractivity contribution in [1.82, 2.24) is 5.32 Å². The first-order chi connectivity index (χ1) is 7.68. The van der Waals surface area contributed by atoms with E-state index in [0.717, 1.165) is 18.9 Å². The zero-order valence-corrected chi connectivity index (χ0v) is 11.6. The average molecular weight is 239 g/mol. The second kappa shape index (κ2) is 7.86. The lowest BCUT2D eigenvalue weighted by Gasteiger charge is -2.14. The Bertz CT molecular complexity index is 254. The van der Waals surface area contributed by atoms with Gasteiger partial charge in [-0.2, -0.15) is 11.3 Å². The predicted octanol–water partition coefficient (Wildman–Crippen LogP) is 4.10. The second-order valence-corrected chi connectivity index (χ2v) is 5.84. The van der Waals surface area contributed by atoms with E-state index in [2.05, 4.69) is 42.9 Å². The molecule has 0 saturated carbocycles. The smallest absolute Gasteiger partial charge is 0.00388 e. The molecule has 1 unspecified atom stereocenters. The van der Waals surface area contributed by atoms with E-state index in [1.807, 2.05) is 0 Å². The third-order valence-corrected chi connectivity index (χ3v) is 3.64. The number of thiophene rings is 1. The van der Waals surface area contributed by atoms with Gasteiger partial charge in [0.1, 0.15) is 0 Å². The Morgan fingerprint density at radius 3 is 2.69 bits per heavy atom. The number of hydrogen-bond donors (Lipinski definition) is 1. The summed E-state index contributed by atoms with van der Waals surface area (Å²) in [5, 5.41) is 7.99. The number of nitrogens with one attached hydrogen (secondary N) is 1. The Morgan fingerprint density at radius 2 is 2.06 bits per heavy atom. The first kappa shape index (κ1) is 13.7. The molecule has 0 radical (unpaired) electrons. The minimum atomic E-state index is 0.664. The Balaban J connectivity index is 2.00. The largest absolute Gasteiger partial charge is 0.314 e. The van der Waals surface area contributed by atoms with E-state index in [9.17, 15) is 0 Å². The van der Waals surface area contributed by atoms with Gasteiger partial charge in [-0.3, -0.25) is 0 Å². The molecular weight excluding hydrogens is 214 g/mol. The molecule has 0 fully saturated rings. The highest BCUT2D eigenvalue weighted by atomic mass is 32.1. The SMILES string of the molecule is CC(C)CCCC(C)NCCc1ccsc1. The van der Waals surface area contributed by atoms with E-state index < -0.39 is 0 Å². The topological polar surface area (TPSA) is 12.0 Å². The minimum absolute atomic E-state index is 0.664. The van der Waals surface area contributed by atoms with Crippen molar-refractivity contribution in [2.24, 2.45) is 5.92 Å². The lowest BCUT2D eigenvalue weighted by atomic mass is 10.0. The van der Waals surface area contributed by atoms with Crippen molar-refractivity contribution in [3.05, 3.63) is 22.4 Å². The van der Waals surface area contributed by atoms with Crippen LogP contribution in [0.15, 0.2) is 16.8 Å². The van der Waals surface area contributed by atoms with Gasteiger partial charge in [-0.25, -0.2) is 0 Å². The van der Waals surface area contributed by atoms with E-state index in [1.54, 1.807) is 11.3 Å². The van der Waals surface area contributed by atoms with Crippen molar-refractivity contribution in [2.45, 2.75) is 52.5 Å². The molecule has 0 bridgehead atoms. The summed E-state index contributed by atoms with van der Waals surface area (Å²) in [5.41, 5.74) is 1.46. The Hall–Kier alpha value is -0.340. The Kier molecular flexibility index (Phi) is 6.74. The van der Waals surface area contributed by atoms with Crippen LogP contribution in [0.3, 0.4) is 0 Å². The molecule has 92 valence electrons. The van der Waals surface area contributed by atoms with Crippen LogP contribution in [-0.4, -0.2) is 12.6 Å². The molecule has 1 aromatic rings. The first-order valence-corrected chi connectivity index (χ1v) is 7.37. The fourth-order valence-corrected chi connectivity index (χ4v) is 2.54. The molecule has 0 aliphatic heterocycles. The van der Waals surface area contributed by atoms with Crippen molar-refractivity contribution in [2.75, 3.05) is 6.54 Å². The van der Waals surface area contributed by atoms with E-state index in [0.29, 0.717) is 6.04 Å². The van der Waals surface area contributed by atoms with E-state index in [1.165, 1.54) is 24.8 Å². The molecule has 1 aromatic heterocycles. The summed E-state index contributed by atoms with van der Waals surface area (Å²) in [5.74, 6) is 0.845. The van der Waals surface area contributed by atoms with Crippen LogP contribution in [0.5, 0.6) is 0 Å². The summed E-state index contributed by atoms with van der Waals surface area (Å²) in [6, 6.07) is 2.88. The van der Waals surface area contributed by atoms with Gasteiger partial charge < -0.3 is 5.32 Å². The molecule has 1 atom stereocenters. The van der Waals surface area contributed by atoms with Crippen LogP contribution < -0.4 is 5.32 Å². The van der Waals surface area contributed by atoms with Crippen molar-refractivity contribution in [3.8, 4) is 0 Å². The molecular formula is C14H25NS. The van der Waals surface area contributed by atoms with Crippen molar-refractivity contribution in [1.29, 1.82) is 0 Å². The second-order valence-electron chi connectivity index (χ2n) is 5.06. The van der Waals surface area contributed by atoms with Gasteiger partial charge in [0.25, 0.3) is 0 Å². The Morgan fingerprint density at radius 1 is 1.25 bits per heavy atom. The highest BCUT2D eigenvalue weighted by Gasteiger charge is 2.02. The number of rotatable bonds is 8. The third kappa shape index (κ3) is 6.29. The Labute approximate surface area is 104 Å². The van der Waals surface area contributed by atoms with Crippen molar-refractivity contribution < 1.29 is 0 Å². The highest BCUT2D eigenvalue weighted by molar-refractivity contribution is 7.07. The van der Waals surface area contributed by atoms with Gasteiger partial charge in [-0.05, 0) is 54.6 Å². The van der Waals surface area contributed by atoms with Crippen molar-refractivity contribution >= 4 is 11.3 Å². The summed E-state index contributed by atoms with van der Waals surface area (Å²) in [4.78, 5) is 0. The van der Waals surface area contributed by atoms with Crippen LogP contribution in [-0.2, 0) is 6.42 Å².